The van der Waals surface area contributed by atoms with Crippen molar-refractivity contribution in [2.45, 2.75) is 19.8 Å². The zero-order valence-corrected chi connectivity index (χ0v) is 15.2. The molecule has 2 aromatic heterocycles. The lowest BCUT2D eigenvalue weighted by molar-refractivity contribution is 0.101. The highest BCUT2D eigenvalue weighted by molar-refractivity contribution is 9.09. The first-order chi connectivity index (χ1) is 11.0. The van der Waals surface area contributed by atoms with E-state index in [2.05, 4.69) is 34.8 Å². The highest BCUT2D eigenvalue weighted by atomic mass is 79.9. The highest BCUT2D eigenvalue weighted by Crippen LogP contribution is 2.35. The van der Waals surface area contributed by atoms with E-state index in [1.807, 2.05) is 23.6 Å². The number of hydrogen-bond donors (Lipinski definition) is 0. The first kappa shape index (κ1) is 16.3. The molecular formula is C18H15BrFNOS. The van der Waals surface area contributed by atoms with Crippen molar-refractivity contribution in [3.63, 3.8) is 0 Å². The molecule has 0 aliphatic heterocycles. The Morgan fingerprint density at radius 1 is 1.35 bits per heavy atom. The zero-order chi connectivity index (χ0) is 16.6. The summed E-state index contributed by atoms with van der Waals surface area (Å²) < 4.78 is 14.5. The van der Waals surface area contributed by atoms with Gasteiger partial charge < -0.3 is 0 Å². The Morgan fingerprint density at radius 3 is 2.83 bits per heavy atom. The Labute approximate surface area is 146 Å². The second kappa shape index (κ2) is 6.49. The number of ketones is 1. The second-order valence-electron chi connectivity index (χ2n) is 5.65. The average molecular weight is 392 g/mol. The predicted octanol–water partition coefficient (Wildman–Crippen LogP) is 5.80. The summed E-state index contributed by atoms with van der Waals surface area (Å²) in [6.07, 6.45) is 0. The number of carbonyl (C=O) groups is 1. The first-order valence-electron chi connectivity index (χ1n) is 7.28. The van der Waals surface area contributed by atoms with Crippen LogP contribution in [0.15, 0.2) is 35.7 Å². The number of Topliss-reactive ketones (excluding diaryl/α,β-unsaturated/α-hetero) is 1. The number of pyridine rings is 1. The summed E-state index contributed by atoms with van der Waals surface area (Å²) in [4.78, 5) is 16.6. The maximum atomic E-state index is 13.9. The second-order valence-corrected chi connectivity index (χ2v) is 7.09. The van der Waals surface area contributed by atoms with E-state index >= 15 is 0 Å². The number of halogens is 2. The van der Waals surface area contributed by atoms with E-state index in [9.17, 15) is 9.18 Å². The van der Waals surface area contributed by atoms with E-state index in [4.69, 9.17) is 0 Å². The maximum Gasteiger partial charge on any atom is 0.191 e. The van der Waals surface area contributed by atoms with Gasteiger partial charge in [-0.1, -0.05) is 41.9 Å². The summed E-state index contributed by atoms with van der Waals surface area (Å²) >= 11 is 4.56. The molecule has 0 bridgehead atoms. The van der Waals surface area contributed by atoms with Gasteiger partial charge in [0.25, 0.3) is 0 Å². The summed E-state index contributed by atoms with van der Waals surface area (Å²) in [6, 6.07) is 8.88. The molecule has 0 unspecified atom stereocenters. The fourth-order valence-electron chi connectivity index (χ4n) is 2.45. The highest BCUT2D eigenvalue weighted by Gasteiger charge is 2.15. The van der Waals surface area contributed by atoms with Crippen molar-refractivity contribution in [1.29, 1.82) is 0 Å². The van der Waals surface area contributed by atoms with Crippen LogP contribution in [0.4, 0.5) is 4.39 Å². The predicted molar refractivity (Wildman–Crippen MR) is 97.2 cm³/mol. The monoisotopic (exact) mass is 391 g/mol. The summed E-state index contributed by atoms with van der Waals surface area (Å²) in [7, 11) is 0. The number of aromatic nitrogens is 1. The van der Waals surface area contributed by atoms with Gasteiger partial charge in [-0.25, -0.2) is 9.37 Å². The molecule has 3 aromatic rings. The summed E-state index contributed by atoms with van der Waals surface area (Å²) in [5.74, 6) is -0.00440. The number of thiophene rings is 1. The van der Waals surface area contributed by atoms with Crippen molar-refractivity contribution < 1.29 is 9.18 Å². The fourth-order valence-corrected chi connectivity index (χ4v) is 3.71. The van der Waals surface area contributed by atoms with Crippen LogP contribution in [0.25, 0.3) is 21.3 Å². The Balaban J connectivity index is 2.23. The van der Waals surface area contributed by atoms with E-state index in [1.54, 1.807) is 6.07 Å². The van der Waals surface area contributed by atoms with Crippen molar-refractivity contribution >= 4 is 43.1 Å². The molecule has 23 heavy (non-hydrogen) atoms. The normalized spacial score (nSPS) is 11.3. The van der Waals surface area contributed by atoms with E-state index in [0.29, 0.717) is 10.4 Å². The maximum absolute atomic E-state index is 13.9. The summed E-state index contributed by atoms with van der Waals surface area (Å²) in [5, 5.41) is 2.98. The molecule has 118 valence electrons. The molecule has 0 aliphatic rings. The first-order valence-corrected chi connectivity index (χ1v) is 9.28. The molecule has 0 saturated carbocycles. The number of hydrogen-bond acceptors (Lipinski definition) is 3. The van der Waals surface area contributed by atoms with Crippen molar-refractivity contribution in [2.75, 3.05) is 5.33 Å². The molecule has 0 radical (unpaired) electrons. The van der Waals surface area contributed by atoms with Gasteiger partial charge in [0, 0.05) is 16.3 Å². The van der Waals surface area contributed by atoms with Crippen molar-refractivity contribution in [2.24, 2.45) is 0 Å². The van der Waals surface area contributed by atoms with Crippen LogP contribution in [0.5, 0.6) is 0 Å². The van der Waals surface area contributed by atoms with Crippen LogP contribution in [0.3, 0.4) is 0 Å². The molecule has 2 heterocycles. The van der Waals surface area contributed by atoms with E-state index < -0.39 is 0 Å². The van der Waals surface area contributed by atoms with Crippen LogP contribution in [-0.4, -0.2) is 16.1 Å². The van der Waals surface area contributed by atoms with Gasteiger partial charge in [-0.05, 0) is 29.7 Å². The molecule has 5 heteroatoms. The number of benzene rings is 1. The lowest BCUT2D eigenvalue weighted by Gasteiger charge is -2.10. The van der Waals surface area contributed by atoms with Crippen LogP contribution in [0.2, 0.25) is 0 Å². The fraction of sp³-hybridized carbons (Fsp3) is 0.222. The van der Waals surface area contributed by atoms with E-state index in [1.165, 1.54) is 17.4 Å². The average Bonchev–Trinajstić information content (AvgIpc) is 2.99. The third-order valence-electron chi connectivity index (χ3n) is 3.75. The summed E-state index contributed by atoms with van der Waals surface area (Å²) in [5.41, 5.74) is 3.09. The van der Waals surface area contributed by atoms with Crippen molar-refractivity contribution in [1.82, 2.24) is 4.98 Å². The van der Waals surface area contributed by atoms with Gasteiger partial charge in [0.1, 0.15) is 11.5 Å². The number of rotatable bonds is 4. The van der Waals surface area contributed by atoms with Crippen molar-refractivity contribution in [3.05, 3.63) is 52.8 Å². The zero-order valence-electron chi connectivity index (χ0n) is 12.8. The topological polar surface area (TPSA) is 30.0 Å². The number of nitrogens with zero attached hydrogens (tertiary/aromatic N) is 1. The summed E-state index contributed by atoms with van der Waals surface area (Å²) in [6.45, 7) is 4.15. The van der Waals surface area contributed by atoms with Crippen LogP contribution in [0, 0.1) is 5.82 Å². The Kier molecular flexibility index (Phi) is 4.60. The minimum absolute atomic E-state index is 0.0561. The molecule has 0 N–H and O–H groups in total. The van der Waals surface area contributed by atoms with Gasteiger partial charge in [-0.15, -0.1) is 11.3 Å². The Hall–Kier alpha value is -1.59. The lowest BCUT2D eigenvalue weighted by atomic mass is 9.99. The van der Waals surface area contributed by atoms with Crippen molar-refractivity contribution in [3.8, 4) is 11.3 Å². The van der Waals surface area contributed by atoms with E-state index in [0.717, 1.165) is 22.2 Å². The van der Waals surface area contributed by atoms with Gasteiger partial charge in [-0.3, -0.25) is 4.79 Å². The minimum atomic E-state index is -0.226. The molecule has 0 aliphatic carbocycles. The molecule has 0 fully saturated rings. The third-order valence-corrected chi connectivity index (χ3v) is 5.26. The Bertz CT molecular complexity index is 888. The lowest BCUT2D eigenvalue weighted by Crippen LogP contribution is -2.06. The minimum Gasteiger partial charge on any atom is -0.291 e. The molecule has 0 spiro atoms. The third kappa shape index (κ3) is 3.08. The van der Waals surface area contributed by atoms with Gasteiger partial charge in [0.2, 0.25) is 0 Å². The number of alkyl halides is 1. The molecule has 0 amide bonds. The van der Waals surface area contributed by atoms with Crippen LogP contribution in [0.1, 0.15) is 35.8 Å². The van der Waals surface area contributed by atoms with Gasteiger partial charge in [0.05, 0.1) is 15.7 Å². The SMILES string of the molecule is CC(C)c1cc(C(=O)CBr)nc(-c2csc3c(F)cccc23)c1. The molecular weight excluding hydrogens is 377 g/mol. The standard InChI is InChI=1S/C18H15BrFNOS/c1-10(2)11-6-15(21-16(7-11)17(22)8-19)13-9-23-18-12(13)4-3-5-14(18)20/h3-7,9-10H,8H2,1-2H3. The van der Waals surface area contributed by atoms with Crippen LogP contribution in [-0.2, 0) is 0 Å². The van der Waals surface area contributed by atoms with Gasteiger partial charge in [0.15, 0.2) is 5.78 Å². The quantitative estimate of drug-likeness (QED) is 0.415. The molecule has 2 nitrogen and oxygen atoms in total. The molecule has 0 saturated heterocycles. The van der Waals surface area contributed by atoms with Gasteiger partial charge in [-0.2, -0.15) is 0 Å². The smallest absolute Gasteiger partial charge is 0.191 e. The number of carbonyl (C=O) groups excluding carboxylic acids is 1. The molecule has 3 rings (SSSR count). The van der Waals surface area contributed by atoms with E-state index in [-0.39, 0.29) is 22.8 Å². The molecule has 1 aromatic carbocycles. The number of fused-ring (bicyclic) bond motifs is 1. The van der Waals surface area contributed by atoms with Gasteiger partial charge >= 0.3 is 0 Å². The van der Waals surface area contributed by atoms with Crippen LogP contribution >= 0.6 is 27.3 Å². The Morgan fingerprint density at radius 2 is 2.13 bits per heavy atom. The van der Waals surface area contributed by atoms with Crippen LogP contribution < -0.4 is 0 Å². The molecule has 0 atom stereocenters. The largest absolute Gasteiger partial charge is 0.291 e.